The van der Waals surface area contributed by atoms with Crippen molar-refractivity contribution in [3.8, 4) is 0 Å². The fraction of sp³-hybridized carbons (Fsp3) is 0.400. The molecule has 3 heterocycles. The SMILES string of the molecule is Cc1ncc(CN2CCC(c3ccncc3)C2)c(N)n1. The molecular formula is C15H19N5. The fourth-order valence-electron chi connectivity index (χ4n) is 2.76. The summed E-state index contributed by atoms with van der Waals surface area (Å²) in [7, 11) is 0. The molecule has 1 unspecified atom stereocenters. The summed E-state index contributed by atoms with van der Waals surface area (Å²) >= 11 is 0. The average Bonchev–Trinajstić information content (AvgIpc) is 2.92. The zero-order valence-corrected chi connectivity index (χ0v) is 11.7. The molecule has 0 aliphatic carbocycles. The molecule has 20 heavy (non-hydrogen) atoms. The molecule has 104 valence electrons. The van der Waals surface area contributed by atoms with Crippen molar-refractivity contribution in [2.75, 3.05) is 18.8 Å². The molecule has 0 spiro atoms. The van der Waals surface area contributed by atoms with E-state index in [2.05, 4.69) is 32.0 Å². The van der Waals surface area contributed by atoms with Crippen LogP contribution in [0.1, 0.15) is 29.3 Å². The van der Waals surface area contributed by atoms with Crippen LogP contribution in [0.4, 0.5) is 5.82 Å². The third-order valence-corrected chi connectivity index (χ3v) is 3.86. The number of rotatable bonds is 3. The number of nitrogen functional groups attached to an aromatic ring is 1. The van der Waals surface area contributed by atoms with Crippen LogP contribution in [0.15, 0.2) is 30.7 Å². The first-order valence-electron chi connectivity index (χ1n) is 6.92. The lowest BCUT2D eigenvalue weighted by Crippen LogP contribution is -2.21. The van der Waals surface area contributed by atoms with Gasteiger partial charge in [-0.25, -0.2) is 9.97 Å². The summed E-state index contributed by atoms with van der Waals surface area (Å²) in [4.78, 5) is 14.9. The summed E-state index contributed by atoms with van der Waals surface area (Å²) in [6.45, 7) is 4.82. The van der Waals surface area contributed by atoms with Gasteiger partial charge in [-0.05, 0) is 43.5 Å². The van der Waals surface area contributed by atoms with Crippen molar-refractivity contribution in [3.05, 3.63) is 47.7 Å². The molecule has 1 atom stereocenters. The van der Waals surface area contributed by atoms with E-state index in [9.17, 15) is 0 Å². The summed E-state index contributed by atoms with van der Waals surface area (Å²) < 4.78 is 0. The van der Waals surface area contributed by atoms with Crippen LogP contribution in [0.3, 0.4) is 0 Å². The number of hydrogen-bond donors (Lipinski definition) is 1. The number of hydrogen-bond acceptors (Lipinski definition) is 5. The highest BCUT2D eigenvalue weighted by Gasteiger charge is 2.24. The van der Waals surface area contributed by atoms with Gasteiger partial charge >= 0.3 is 0 Å². The van der Waals surface area contributed by atoms with E-state index in [0.29, 0.717) is 11.7 Å². The minimum absolute atomic E-state index is 0.589. The van der Waals surface area contributed by atoms with Crippen LogP contribution < -0.4 is 5.73 Å². The second-order valence-corrected chi connectivity index (χ2v) is 5.33. The lowest BCUT2D eigenvalue weighted by Gasteiger charge is -2.17. The Labute approximate surface area is 118 Å². The highest BCUT2D eigenvalue weighted by Crippen LogP contribution is 2.28. The van der Waals surface area contributed by atoms with Crippen LogP contribution >= 0.6 is 0 Å². The molecule has 1 saturated heterocycles. The second kappa shape index (κ2) is 5.54. The molecule has 5 heteroatoms. The number of nitrogens with zero attached hydrogens (tertiary/aromatic N) is 4. The average molecular weight is 269 g/mol. The van der Waals surface area contributed by atoms with E-state index >= 15 is 0 Å². The Balaban J connectivity index is 1.66. The lowest BCUT2D eigenvalue weighted by molar-refractivity contribution is 0.326. The van der Waals surface area contributed by atoms with E-state index in [0.717, 1.165) is 31.0 Å². The molecule has 0 radical (unpaired) electrons. The Bertz CT molecular complexity index is 584. The van der Waals surface area contributed by atoms with Crippen LogP contribution in [-0.2, 0) is 6.54 Å². The molecule has 2 N–H and O–H groups in total. The summed E-state index contributed by atoms with van der Waals surface area (Å²) in [6.07, 6.45) is 6.75. The minimum Gasteiger partial charge on any atom is -0.383 e. The molecule has 2 aromatic rings. The van der Waals surface area contributed by atoms with Crippen molar-refractivity contribution in [3.63, 3.8) is 0 Å². The van der Waals surface area contributed by atoms with Gasteiger partial charge in [-0.2, -0.15) is 0 Å². The monoisotopic (exact) mass is 269 g/mol. The van der Waals surface area contributed by atoms with Crippen molar-refractivity contribution < 1.29 is 0 Å². The number of nitrogens with two attached hydrogens (primary N) is 1. The maximum atomic E-state index is 5.96. The molecular weight excluding hydrogens is 250 g/mol. The molecule has 2 aromatic heterocycles. The highest BCUT2D eigenvalue weighted by molar-refractivity contribution is 5.37. The van der Waals surface area contributed by atoms with Crippen molar-refractivity contribution in [2.45, 2.75) is 25.8 Å². The van der Waals surface area contributed by atoms with E-state index in [4.69, 9.17) is 5.73 Å². The zero-order valence-electron chi connectivity index (χ0n) is 11.7. The molecule has 0 saturated carbocycles. The third kappa shape index (κ3) is 2.77. The van der Waals surface area contributed by atoms with Crippen molar-refractivity contribution in [2.24, 2.45) is 0 Å². The number of aromatic nitrogens is 3. The van der Waals surface area contributed by atoms with Crippen LogP contribution in [0.2, 0.25) is 0 Å². The van der Waals surface area contributed by atoms with E-state index in [-0.39, 0.29) is 0 Å². The maximum Gasteiger partial charge on any atom is 0.131 e. The smallest absolute Gasteiger partial charge is 0.131 e. The van der Waals surface area contributed by atoms with E-state index < -0.39 is 0 Å². The van der Waals surface area contributed by atoms with Gasteiger partial charge in [0.1, 0.15) is 11.6 Å². The van der Waals surface area contributed by atoms with Gasteiger partial charge in [-0.1, -0.05) is 0 Å². The first-order valence-corrected chi connectivity index (χ1v) is 6.92. The fourth-order valence-corrected chi connectivity index (χ4v) is 2.76. The zero-order chi connectivity index (χ0) is 13.9. The quantitative estimate of drug-likeness (QED) is 0.919. The molecule has 3 rings (SSSR count). The molecule has 1 fully saturated rings. The summed E-state index contributed by atoms with van der Waals surface area (Å²) in [5.74, 6) is 1.91. The molecule has 5 nitrogen and oxygen atoms in total. The van der Waals surface area contributed by atoms with E-state index in [1.807, 2.05) is 25.5 Å². The van der Waals surface area contributed by atoms with E-state index in [1.165, 1.54) is 12.0 Å². The van der Waals surface area contributed by atoms with Gasteiger partial charge in [0.2, 0.25) is 0 Å². The first-order chi connectivity index (χ1) is 9.72. The number of likely N-dealkylation sites (tertiary alicyclic amines) is 1. The predicted octanol–water partition coefficient (Wildman–Crippen LogP) is 1.75. The van der Waals surface area contributed by atoms with Crippen LogP contribution in [0.25, 0.3) is 0 Å². The molecule has 0 amide bonds. The molecule has 0 aromatic carbocycles. The second-order valence-electron chi connectivity index (χ2n) is 5.33. The van der Waals surface area contributed by atoms with Gasteiger partial charge in [0.15, 0.2) is 0 Å². The molecule has 1 aliphatic heterocycles. The Kier molecular flexibility index (Phi) is 3.60. The predicted molar refractivity (Wildman–Crippen MR) is 78.1 cm³/mol. The lowest BCUT2D eigenvalue weighted by atomic mass is 10.00. The van der Waals surface area contributed by atoms with Gasteiger partial charge < -0.3 is 5.73 Å². The summed E-state index contributed by atoms with van der Waals surface area (Å²) in [5.41, 5.74) is 8.35. The maximum absolute atomic E-state index is 5.96. The Morgan fingerprint density at radius 1 is 1.35 bits per heavy atom. The molecule has 1 aliphatic rings. The Hall–Kier alpha value is -2.01. The Morgan fingerprint density at radius 2 is 2.15 bits per heavy atom. The van der Waals surface area contributed by atoms with Crippen molar-refractivity contribution in [1.29, 1.82) is 0 Å². The largest absolute Gasteiger partial charge is 0.383 e. The number of pyridine rings is 1. The van der Waals surface area contributed by atoms with Gasteiger partial charge in [0.25, 0.3) is 0 Å². The molecule has 0 bridgehead atoms. The van der Waals surface area contributed by atoms with E-state index in [1.54, 1.807) is 0 Å². The van der Waals surface area contributed by atoms with Gasteiger partial charge in [-0.3, -0.25) is 9.88 Å². The van der Waals surface area contributed by atoms with Crippen molar-refractivity contribution in [1.82, 2.24) is 19.9 Å². The first kappa shape index (κ1) is 13.0. The van der Waals surface area contributed by atoms with Crippen LogP contribution in [0.5, 0.6) is 0 Å². The number of aryl methyl sites for hydroxylation is 1. The van der Waals surface area contributed by atoms with Gasteiger partial charge in [0, 0.05) is 37.2 Å². The summed E-state index contributed by atoms with van der Waals surface area (Å²) in [5, 5.41) is 0. The van der Waals surface area contributed by atoms with Gasteiger partial charge in [0.05, 0.1) is 0 Å². The highest BCUT2D eigenvalue weighted by atomic mass is 15.1. The van der Waals surface area contributed by atoms with Crippen LogP contribution in [0, 0.1) is 6.92 Å². The number of anilines is 1. The summed E-state index contributed by atoms with van der Waals surface area (Å²) in [6, 6.07) is 4.22. The minimum atomic E-state index is 0.589. The topological polar surface area (TPSA) is 67.9 Å². The third-order valence-electron chi connectivity index (χ3n) is 3.86. The van der Waals surface area contributed by atoms with Gasteiger partial charge in [-0.15, -0.1) is 0 Å². The van der Waals surface area contributed by atoms with Crippen LogP contribution in [-0.4, -0.2) is 32.9 Å². The normalized spacial score (nSPS) is 19.4. The van der Waals surface area contributed by atoms with Crippen molar-refractivity contribution >= 4 is 5.82 Å². The Morgan fingerprint density at radius 3 is 2.90 bits per heavy atom. The standard InChI is InChI=1S/C15H19N5/c1-11-18-8-14(15(16)19-11)10-20-7-4-13(9-20)12-2-5-17-6-3-12/h2-3,5-6,8,13H,4,7,9-10H2,1H3,(H2,16,18,19).